The van der Waals surface area contributed by atoms with Crippen LogP contribution in [0.5, 0.6) is 0 Å². The summed E-state index contributed by atoms with van der Waals surface area (Å²) in [6, 6.07) is 5.41. The quantitative estimate of drug-likeness (QED) is 0.588. The second-order valence-corrected chi connectivity index (χ2v) is 5.31. The van der Waals surface area contributed by atoms with Crippen LogP contribution in [0.2, 0.25) is 10.0 Å². The molecule has 0 atom stereocenters. The predicted molar refractivity (Wildman–Crippen MR) is 77.0 cm³/mol. The van der Waals surface area contributed by atoms with E-state index in [0.29, 0.717) is 10.0 Å². The first-order valence-electron chi connectivity index (χ1n) is 4.88. The number of hydrogen-bond acceptors (Lipinski definition) is 1. The van der Waals surface area contributed by atoms with E-state index < -0.39 is 0 Å². The molecule has 1 radical (unpaired) electrons. The topological polar surface area (TPSA) is 3.24 Å². The van der Waals surface area contributed by atoms with Gasteiger partial charge >= 0.3 is 0 Å². The normalized spacial score (nSPS) is 14.9. The summed E-state index contributed by atoms with van der Waals surface area (Å²) in [5.41, 5.74) is 2.63. The van der Waals surface area contributed by atoms with Crippen molar-refractivity contribution in [2.75, 3.05) is 7.05 Å². The van der Waals surface area contributed by atoms with E-state index in [9.17, 15) is 0 Å². The molecule has 0 N–H and O–H groups in total. The fourth-order valence-corrected chi connectivity index (χ4v) is 2.43. The first-order chi connectivity index (χ1) is 8.00. The largest absolute Gasteiger partial charge is 0.377 e. The van der Waals surface area contributed by atoms with Crippen molar-refractivity contribution in [2.45, 2.75) is 0 Å². The summed E-state index contributed by atoms with van der Waals surface area (Å²) in [5, 5.41) is 1.22. The number of rotatable bonds is 1. The van der Waals surface area contributed by atoms with Crippen molar-refractivity contribution in [2.24, 2.45) is 0 Å². The van der Waals surface area contributed by atoms with Crippen LogP contribution in [0.1, 0.15) is 5.56 Å². The maximum absolute atomic E-state index is 6.18. The molecule has 0 aromatic heterocycles. The summed E-state index contributed by atoms with van der Waals surface area (Å²) in [5.74, 6) is 0. The molecule has 0 saturated carbocycles. The first-order valence-corrected chi connectivity index (χ1v) is 6.43. The van der Waals surface area contributed by atoms with Crippen molar-refractivity contribution >= 4 is 44.8 Å². The average Bonchev–Trinajstić information content (AvgIpc) is 2.28. The van der Waals surface area contributed by atoms with Gasteiger partial charge in [0.05, 0.1) is 0 Å². The van der Waals surface area contributed by atoms with Gasteiger partial charge in [0.1, 0.15) is 0 Å². The van der Waals surface area contributed by atoms with Gasteiger partial charge in [0, 0.05) is 44.8 Å². The van der Waals surface area contributed by atoms with E-state index >= 15 is 0 Å². The Kier molecular flexibility index (Phi) is 6.14. The van der Waals surface area contributed by atoms with Crippen molar-refractivity contribution in [1.29, 1.82) is 0 Å². The van der Waals surface area contributed by atoms with Gasteiger partial charge in [-0.25, -0.2) is 0 Å². The standard InChI is InChI=1S/C13H9BrCl2N.Y/c1-8-11(14)5-6-13(17(8)2)10-4-3-9(15)7-12(10)16;/h3-5,7H,1H2,2H3;/q-1;. The molecule has 0 spiro atoms. The fourth-order valence-electron chi connectivity index (χ4n) is 1.55. The number of benzene rings is 1. The molecule has 0 saturated heterocycles. The minimum atomic E-state index is 0. The molecule has 2 rings (SSSR count). The van der Waals surface area contributed by atoms with Crippen LogP contribution in [-0.4, -0.2) is 11.9 Å². The van der Waals surface area contributed by atoms with Crippen LogP contribution in [-0.2, 0) is 32.7 Å². The molecule has 1 aromatic rings. The smallest absolute Gasteiger partial charge is 0.0400 e. The Hall–Kier alpha value is 0.404. The third kappa shape index (κ3) is 3.29. The molecule has 0 fully saturated rings. The Bertz CT molecular complexity index is 552. The maximum atomic E-state index is 6.18. The number of likely N-dealkylation sites (N-methyl/N-ethyl adjacent to an activating group) is 1. The van der Waals surface area contributed by atoms with Crippen LogP contribution in [0.15, 0.2) is 41.0 Å². The summed E-state index contributed by atoms with van der Waals surface area (Å²) >= 11 is 15.5. The maximum Gasteiger partial charge on any atom is 0.0400 e. The van der Waals surface area contributed by atoms with Crippen LogP contribution in [0.4, 0.5) is 0 Å². The third-order valence-corrected chi connectivity index (χ3v) is 3.77. The van der Waals surface area contributed by atoms with Crippen LogP contribution in [0, 0.1) is 6.08 Å². The van der Waals surface area contributed by atoms with E-state index in [0.717, 1.165) is 21.4 Å². The Morgan fingerprint density at radius 3 is 2.61 bits per heavy atom. The number of nitrogens with zero attached hydrogens (tertiary/aromatic N) is 1. The zero-order valence-corrected chi connectivity index (χ0v) is 15.6. The second kappa shape index (κ2) is 6.72. The minimum Gasteiger partial charge on any atom is -0.377 e. The monoisotopic (exact) mass is 417 g/mol. The van der Waals surface area contributed by atoms with Crippen molar-refractivity contribution < 1.29 is 32.7 Å². The van der Waals surface area contributed by atoms with Gasteiger partial charge in [-0.15, -0.1) is 22.0 Å². The molecule has 1 aromatic carbocycles. The Balaban J connectivity index is 0.00000162. The van der Waals surface area contributed by atoms with Gasteiger partial charge in [-0.05, 0) is 16.8 Å². The summed E-state index contributed by atoms with van der Waals surface area (Å²) in [4.78, 5) is 1.93. The molecular formula is C13H9BrCl2NY-. The van der Waals surface area contributed by atoms with Gasteiger partial charge in [0.25, 0.3) is 0 Å². The molecule has 1 aliphatic rings. The molecular weight excluding hydrogens is 410 g/mol. The molecule has 0 amide bonds. The number of allylic oxidation sites excluding steroid dienone is 3. The van der Waals surface area contributed by atoms with Crippen LogP contribution >= 0.6 is 39.1 Å². The molecule has 1 heterocycles. The van der Waals surface area contributed by atoms with E-state index in [2.05, 4.69) is 28.6 Å². The van der Waals surface area contributed by atoms with Crippen LogP contribution in [0.3, 0.4) is 0 Å². The van der Waals surface area contributed by atoms with E-state index in [1.165, 1.54) is 0 Å². The Morgan fingerprint density at radius 2 is 2.00 bits per heavy atom. The molecule has 91 valence electrons. The van der Waals surface area contributed by atoms with Crippen molar-refractivity contribution in [3.63, 3.8) is 0 Å². The predicted octanol–water partition coefficient (Wildman–Crippen LogP) is 4.87. The average molecular weight is 419 g/mol. The van der Waals surface area contributed by atoms with Gasteiger partial charge in [0.15, 0.2) is 0 Å². The number of hydrogen-bond donors (Lipinski definition) is 0. The van der Waals surface area contributed by atoms with E-state index in [-0.39, 0.29) is 32.7 Å². The first kappa shape index (κ1) is 16.5. The molecule has 0 aliphatic carbocycles. The van der Waals surface area contributed by atoms with Crippen molar-refractivity contribution in [1.82, 2.24) is 4.90 Å². The summed E-state index contributed by atoms with van der Waals surface area (Å²) in [7, 11) is 1.92. The summed E-state index contributed by atoms with van der Waals surface area (Å²) in [6.45, 7) is 3.98. The van der Waals surface area contributed by atoms with Crippen LogP contribution in [0.25, 0.3) is 5.70 Å². The van der Waals surface area contributed by atoms with Gasteiger partial charge < -0.3 is 4.90 Å². The SMILES string of the molecule is C=C1C(Br)=C[C-]=C(c2ccc(Cl)cc2Cl)N1C.[Y]. The zero-order valence-electron chi connectivity index (χ0n) is 9.67. The van der Waals surface area contributed by atoms with Gasteiger partial charge in [0.2, 0.25) is 0 Å². The second-order valence-electron chi connectivity index (χ2n) is 3.62. The molecule has 1 nitrogen and oxygen atoms in total. The Labute approximate surface area is 151 Å². The van der Waals surface area contributed by atoms with Gasteiger partial charge in [-0.2, -0.15) is 12.2 Å². The molecule has 0 bridgehead atoms. The zero-order chi connectivity index (χ0) is 12.6. The number of halogens is 3. The van der Waals surface area contributed by atoms with Crippen molar-refractivity contribution in [3.8, 4) is 0 Å². The minimum absolute atomic E-state index is 0. The van der Waals surface area contributed by atoms with Gasteiger partial charge in [-0.3, -0.25) is 0 Å². The Morgan fingerprint density at radius 1 is 1.33 bits per heavy atom. The van der Waals surface area contributed by atoms with E-state index in [1.54, 1.807) is 12.1 Å². The summed E-state index contributed by atoms with van der Waals surface area (Å²) < 4.78 is 0.911. The molecule has 0 unspecified atom stereocenters. The van der Waals surface area contributed by atoms with Crippen LogP contribution < -0.4 is 0 Å². The van der Waals surface area contributed by atoms with E-state index in [1.807, 2.05) is 24.1 Å². The molecule has 1 aliphatic heterocycles. The molecule has 18 heavy (non-hydrogen) atoms. The van der Waals surface area contributed by atoms with Crippen molar-refractivity contribution in [3.05, 3.63) is 62.7 Å². The molecule has 5 heteroatoms. The van der Waals surface area contributed by atoms with Gasteiger partial charge in [-0.1, -0.05) is 51.6 Å². The third-order valence-electron chi connectivity index (χ3n) is 2.54. The summed E-state index contributed by atoms with van der Waals surface area (Å²) in [6.07, 6.45) is 5.01. The fraction of sp³-hybridized carbons (Fsp3) is 0.0769. The van der Waals surface area contributed by atoms with E-state index in [4.69, 9.17) is 23.2 Å².